The molecule has 0 bridgehead atoms. The number of para-hydroxylation sites is 1. The SMILES string of the molecule is O=C(Nc1ccccc1)[C@@H](CS)Cc1cccc(F)c1. The van der Waals surface area contributed by atoms with Crippen LogP contribution in [-0.2, 0) is 11.2 Å². The van der Waals surface area contributed by atoms with Gasteiger partial charge in [0.25, 0.3) is 0 Å². The number of carbonyl (C=O) groups excluding carboxylic acids is 1. The summed E-state index contributed by atoms with van der Waals surface area (Å²) in [4.78, 5) is 12.2. The van der Waals surface area contributed by atoms with Gasteiger partial charge in [-0.2, -0.15) is 12.6 Å². The molecule has 20 heavy (non-hydrogen) atoms. The minimum atomic E-state index is -0.291. The van der Waals surface area contributed by atoms with Crippen molar-refractivity contribution in [3.8, 4) is 0 Å². The largest absolute Gasteiger partial charge is 0.326 e. The van der Waals surface area contributed by atoms with Crippen molar-refractivity contribution >= 4 is 24.2 Å². The maximum Gasteiger partial charge on any atom is 0.228 e. The Balaban J connectivity index is 2.02. The van der Waals surface area contributed by atoms with Crippen molar-refractivity contribution < 1.29 is 9.18 Å². The van der Waals surface area contributed by atoms with Crippen LogP contribution < -0.4 is 5.32 Å². The molecule has 0 aromatic heterocycles. The number of benzene rings is 2. The van der Waals surface area contributed by atoms with Crippen LogP contribution in [0.15, 0.2) is 54.6 Å². The first-order valence-electron chi connectivity index (χ1n) is 6.40. The third kappa shape index (κ3) is 4.10. The van der Waals surface area contributed by atoms with Crippen LogP contribution >= 0.6 is 12.6 Å². The Bertz CT molecular complexity index is 574. The monoisotopic (exact) mass is 289 g/mol. The zero-order valence-corrected chi connectivity index (χ0v) is 11.8. The van der Waals surface area contributed by atoms with Gasteiger partial charge in [-0.15, -0.1) is 0 Å². The van der Waals surface area contributed by atoms with Crippen LogP contribution in [-0.4, -0.2) is 11.7 Å². The number of nitrogens with one attached hydrogen (secondary N) is 1. The van der Waals surface area contributed by atoms with E-state index in [0.29, 0.717) is 12.2 Å². The lowest BCUT2D eigenvalue weighted by Crippen LogP contribution is -2.26. The van der Waals surface area contributed by atoms with Crippen LogP contribution in [0.25, 0.3) is 0 Å². The number of rotatable bonds is 5. The Labute approximate surface area is 123 Å². The first-order chi connectivity index (χ1) is 9.69. The lowest BCUT2D eigenvalue weighted by molar-refractivity contribution is -0.119. The van der Waals surface area contributed by atoms with Gasteiger partial charge in [0.05, 0.1) is 5.92 Å². The van der Waals surface area contributed by atoms with Gasteiger partial charge in [0.2, 0.25) is 5.91 Å². The van der Waals surface area contributed by atoms with Gasteiger partial charge in [-0.05, 0) is 36.2 Å². The standard InChI is InChI=1S/C16H16FNOS/c17-14-6-4-5-12(10-14)9-13(11-20)16(19)18-15-7-2-1-3-8-15/h1-8,10,13,20H,9,11H2,(H,18,19)/t13-/m1/s1. The van der Waals surface area contributed by atoms with Crippen molar-refractivity contribution in [3.63, 3.8) is 0 Å². The summed E-state index contributed by atoms with van der Waals surface area (Å²) in [6.07, 6.45) is 0.472. The van der Waals surface area contributed by atoms with Crippen molar-refractivity contribution in [2.45, 2.75) is 6.42 Å². The van der Waals surface area contributed by atoms with E-state index in [1.165, 1.54) is 12.1 Å². The molecule has 0 unspecified atom stereocenters. The number of anilines is 1. The first kappa shape index (κ1) is 14.6. The second-order valence-corrected chi connectivity index (χ2v) is 4.93. The Morgan fingerprint density at radius 3 is 2.55 bits per heavy atom. The topological polar surface area (TPSA) is 29.1 Å². The third-order valence-corrected chi connectivity index (χ3v) is 3.44. The maximum absolute atomic E-state index is 13.1. The van der Waals surface area contributed by atoms with Gasteiger partial charge in [0.15, 0.2) is 0 Å². The molecule has 2 rings (SSSR count). The van der Waals surface area contributed by atoms with Crippen LogP contribution in [0.2, 0.25) is 0 Å². The predicted molar refractivity (Wildman–Crippen MR) is 82.5 cm³/mol. The summed E-state index contributed by atoms with van der Waals surface area (Å²) in [5, 5.41) is 2.85. The van der Waals surface area contributed by atoms with E-state index in [0.717, 1.165) is 11.3 Å². The minimum Gasteiger partial charge on any atom is -0.326 e. The van der Waals surface area contributed by atoms with E-state index in [4.69, 9.17) is 0 Å². The normalized spacial score (nSPS) is 11.9. The molecule has 1 amide bonds. The van der Waals surface area contributed by atoms with Crippen molar-refractivity contribution in [1.82, 2.24) is 0 Å². The van der Waals surface area contributed by atoms with E-state index >= 15 is 0 Å². The quantitative estimate of drug-likeness (QED) is 0.810. The molecule has 0 heterocycles. The predicted octanol–water partition coefficient (Wildman–Crippen LogP) is 3.55. The zero-order chi connectivity index (χ0) is 14.4. The molecule has 0 radical (unpaired) electrons. The van der Waals surface area contributed by atoms with Gasteiger partial charge in [0.1, 0.15) is 5.82 Å². The highest BCUT2D eigenvalue weighted by Gasteiger charge is 2.17. The summed E-state index contributed by atoms with van der Waals surface area (Å²) in [6, 6.07) is 15.6. The average Bonchev–Trinajstić information content (AvgIpc) is 2.46. The molecule has 0 aliphatic rings. The second kappa shape index (κ2) is 7.10. The number of hydrogen-bond acceptors (Lipinski definition) is 2. The van der Waals surface area contributed by atoms with Gasteiger partial charge < -0.3 is 5.32 Å². The van der Waals surface area contributed by atoms with Crippen molar-refractivity contribution in [1.29, 1.82) is 0 Å². The molecule has 0 spiro atoms. The van der Waals surface area contributed by atoms with Crippen molar-refractivity contribution in [3.05, 3.63) is 66.0 Å². The molecule has 2 aromatic carbocycles. The van der Waals surface area contributed by atoms with Crippen molar-refractivity contribution in [2.24, 2.45) is 5.92 Å². The van der Waals surface area contributed by atoms with E-state index in [1.807, 2.05) is 36.4 Å². The molecule has 2 nitrogen and oxygen atoms in total. The van der Waals surface area contributed by atoms with Gasteiger partial charge in [-0.3, -0.25) is 4.79 Å². The lowest BCUT2D eigenvalue weighted by Gasteiger charge is -2.14. The molecule has 1 N–H and O–H groups in total. The summed E-state index contributed by atoms with van der Waals surface area (Å²) < 4.78 is 13.1. The fourth-order valence-electron chi connectivity index (χ4n) is 1.95. The molecule has 104 valence electrons. The van der Waals surface area contributed by atoms with E-state index in [-0.39, 0.29) is 17.6 Å². The van der Waals surface area contributed by atoms with E-state index < -0.39 is 0 Å². The average molecular weight is 289 g/mol. The van der Waals surface area contributed by atoms with Crippen LogP contribution in [0.3, 0.4) is 0 Å². The molecular formula is C16H16FNOS. The third-order valence-electron chi connectivity index (χ3n) is 3.00. The summed E-state index contributed by atoms with van der Waals surface area (Å²) in [7, 11) is 0. The number of hydrogen-bond donors (Lipinski definition) is 2. The second-order valence-electron chi connectivity index (χ2n) is 4.57. The summed E-state index contributed by atoms with van der Waals surface area (Å²) in [6.45, 7) is 0. The molecule has 1 atom stereocenters. The minimum absolute atomic E-state index is 0.101. The highest BCUT2D eigenvalue weighted by molar-refractivity contribution is 7.80. The smallest absolute Gasteiger partial charge is 0.228 e. The Kier molecular flexibility index (Phi) is 5.18. The first-order valence-corrected chi connectivity index (χ1v) is 7.03. The van der Waals surface area contributed by atoms with Gasteiger partial charge in [-0.25, -0.2) is 4.39 Å². The molecule has 0 aliphatic carbocycles. The molecule has 0 fully saturated rings. The Morgan fingerprint density at radius 1 is 1.15 bits per heavy atom. The van der Waals surface area contributed by atoms with Crippen LogP contribution in [0.1, 0.15) is 5.56 Å². The number of halogens is 1. The van der Waals surface area contributed by atoms with Crippen LogP contribution in [0.5, 0.6) is 0 Å². The van der Waals surface area contributed by atoms with E-state index in [1.54, 1.807) is 6.07 Å². The number of amides is 1. The Morgan fingerprint density at radius 2 is 1.90 bits per heavy atom. The molecule has 0 saturated carbocycles. The fourth-order valence-corrected chi connectivity index (χ4v) is 2.25. The molecular weight excluding hydrogens is 273 g/mol. The van der Waals surface area contributed by atoms with E-state index in [2.05, 4.69) is 17.9 Å². The molecule has 2 aromatic rings. The maximum atomic E-state index is 13.1. The zero-order valence-electron chi connectivity index (χ0n) is 10.9. The van der Waals surface area contributed by atoms with E-state index in [9.17, 15) is 9.18 Å². The van der Waals surface area contributed by atoms with Crippen LogP contribution in [0.4, 0.5) is 10.1 Å². The lowest BCUT2D eigenvalue weighted by atomic mass is 10.00. The highest BCUT2D eigenvalue weighted by Crippen LogP contribution is 2.15. The summed E-state index contributed by atoms with van der Waals surface area (Å²) in [5.41, 5.74) is 1.55. The van der Waals surface area contributed by atoms with Crippen LogP contribution in [0, 0.1) is 11.7 Å². The van der Waals surface area contributed by atoms with Gasteiger partial charge in [-0.1, -0.05) is 30.3 Å². The summed E-state index contributed by atoms with van der Waals surface area (Å²) >= 11 is 4.22. The molecule has 0 saturated heterocycles. The number of carbonyl (C=O) groups is 1. The molecule has 4 heteroatoms. The summed E-state index contributed by atoms with van der Waals surface area (Å²) in [5.74, 6) is -0.269. The number of thiol groups is 1. The fraction of sp³-hybridized carbons (Fsp3) is 0.188. The van der Waals surface area contributed by atoms with Crippen molar-refractivity contribution in [2.75, 3.05) is 11.1 Å². The van der Waals surface area contributed by atoms with Gasteiger partial charge in [0, 0.05) is 11.4 Å². The molecule has 0 aliphatic heterocycles. The van der Waals surface area contributed by atoms with Gasteiger partial charge >= 0.3 is 0 Å². The highest BCUT2D eigenvalue weighted by atomic mass is 32.1. The Hall–Kier alpha value is -1.81.